The number of rotatable bonds is 6. The number of amides is 1. The number of nitrogens with one attached hydrogen (secondary N) is 1. The third-order valence-electron chi connectivity index (χ3n) is 6.11. The van der Waals surface area contributed by atoms with Gasteiger partial charge in [0.25, 0.3) is 5.91 Å². The summed E-state index contributed by atoms with van der Waals surface area (Å²) in [7, 11) is 0. The molecule has 9 nitrogen and oxygen atoms in total. The molecule has 0 fully saturated rings. The van der Waals surface area contributed by atoms with Crippen LogP contribution in [0, 0.1) is 0 Å². The van der Waals surface area contributed by atoms with Crippen LogP contribution < -0.4 is 11.1 Å². The Bertz CT molecular complexity index is 1660. The van der Waals surface area contributed by atoms with Crippen LogP contribution >= 0.6 is 0 Å². The van der Waals surface area contributed by atoms with E-state index in [4.69, 9.17) is 15.7 Å². The summed E-state index contributed by atoms with van der Waals surface area (Å²) in [5.41, 5.74) is 10.8. The number of hydrogen-bond acceptors (Lipinski definition) is 7. The van der Waals surface area contributed by atoms with E-state index in [1.165, 1.54) is 19.1 Å². The molecule has 1 aliphatic heterocycles. The molecule has 4 aromatic rings. The van der Waals surface area contributed by atoms with Gasteiger partial charge in [-0.3, -0.25) is 9.59 Å². The van der Waals surface area contributed by atoms with Gasteiger partial charge in [-0.2, -0.15) is 4.99 Å². The molecule has 4 N–H and O–H groups in total. The van der Waals surface area contributed by atoms with Gasteiger partial charge in [-0.05, 0) is 37.3 Å². The van der Waals surface area contributed by atoms with E-state index in [2.05, 4.69) is 10.3 Å². The summed E-state index contributed by atoms with van der Waals surface area (Å²) < 4.78 is 0. The molecule has 0 aliphatic carbocycles. The first-order valence-electron chi connectivity index (χ1n) is 12.1. The van der Waals surface area contributed by atoms with Crippen molar-refractivity contribution >= 4 is 35.0 Å². The normalized spacial score (nSPS) is 12.6. The number of carbonyl (C=O) groups excluding carboxylic acids is 2. The van der Waals surface area contributed by atoms with Crippen molar-refractivity contribution < 1.29 is 19.5 Å². The second-order valence-corrected chi connectivity index (χ2v) is 8.88. The SMILES string of the molecule is CC(=O)c1ccc(-c2nc(-c3ccc(N)cc3)c(-c3ccc(C(=O)O)cc3)nc2NC2=NC(=O)CC=C2)cc1. The maximum absolute atomic E-state index is 12.0. The summed E-state index contributed by atoms with van der Waals surface area (Å²) in [6, 6.07) is 20.5. The van der Waals surface area contributed by atoms with E-state index < -0.39 is 5.97 Å². The molecular formula is C30H23N5O4. The van der Waals surface area contributed by atoms with Gasteiger partial charge in [0.15, 0.2) is 11.6 Å². The lowest BCUT2D eigenvalue weighted by molar-refractivity contribution is -0.117. The van der Waals surface area contributed by atoms with Crippen molar-refractivity contribution in [2.24, 2.45) is 4.99 Å². The number of anilines is 2. The molecule has 0 radical (unpaired) electrons. The van der Waals surface area contributed by atoms with Crippen molar-refractivity contribution in [3.63, 3.8) is 0 Å². The number of aliphatic imine (C=N–C) groups is 1. The molecule has 5 rings (SSSR count). The molecule has 1 amide bonds. The molecule has 0 bridgehead atoms. The van der Waals surface area contributed by atoms with E-state index in [0.717, 1.165) is 5.56 Å². The molecule has 0 saturated carbocycles. The summed E-state index contributed by atoms with van der Waals surface area (Å²) in [5, 5.41) is 12.5. The minimum absolute atomic E-state index is 0.0612. The number of aromatic nitrogens is 2. The van der Waals surface area contributed by atoms with Crippen molar-refractivity contribution in [2.75, 3.05) is 11.1 Å². The first kappa shape index (κ1) is 25.2. The van der Waals surface area contributed by atoms with E-state index in [0.29, 0.717) is 51.1 Å². The number of carbonyl (C=O) groups is 3. The van der Waals surface area contributed by atoms with E-state index in [-0.39, 0.29) is 23.7 Å². The largest absolute Gasteiger partial charge is 0.478 e. The molecule has 0 atom stereocenters. The van der Waals surface area contributed by atoms with Crippen LogP contribution in [0.15, 0.2) is 89.9 Å². The minimum Gasteiger partial charge on any atom is -0.478 e. The molecule has 2 heterocycles. The number of amidine groups is 1. The number of nitrogens with two attached hydrogens (primary N) is 1. The van der Waals surface area contributed by atoms with Crippen LogP contribution in [0.2, 0.25) is 0 Å². The molecule has 3 aromatic carbocycles. The lowest BCUT2D eigenvalue weighted by Crippen LogP contribution is -2.17. The molecule has 192 valence electrons. The number of aromatic carboxylic acids is 1. The zero-order chi connectivity index (χ0) is 27.5. The molecule has 0 saturated heterocycles. The highest BCUT2D eigenvalue weighted by Crippen LogP contribution is 2.36. The van der Waals surface area contributed by atoms with Gasteiger partial charge >= 0.3 is 5.97 Å². The van der Waals surface area contributed by atoms with E-state index in [1.807, 2.05) is 12.1 Å². The Morgan fingerprint density at radius 1 is 0.795 bits per heavy atom. The van der Waals surface area contributed by atoms with Gasteiger partial charge in [0.1, 0.15) is 11.5 Å². The maximum Gasteiger partial charge on any atom is 0.335 e. The van der Waals surface area contributed by atoms with Crippen LogP contribution in [0.1, 0.15) is 34.1 Å². The molecular weight excluding hydrogens is 494 g/mol. The molecule has 0 spiro atoms. The van der Waals surface area contributed by atoms with Gasteiger partial charge in [0.05, 0.1) is 17.0 Å². The van der Waals surface area contributed by atoms with Gasteiger partial charge in [-0.1, -0.05) is 54.6 Å². The van der Waals surface area contributed by atoms with Crippen LogP contribution in [-0.2, 0) is 4.79 Å². The Morgan fingerprint density at radius 3 is 1.90 bits per heavy atom. The lowest BCUT2D eigenvalue weighted by atomic mass is 10.0. The summed E-state index contributed by atoms with van der Waals surface area (Å²) in [6.07, 6.45) is 3.62. The van der Waals surface area contributed by atoms with Gasteiger partial charge in [0.2, 0.25) is 0 Å². The number of carboxylic acid groups (broad SMARTS) is 1. The average molecular weight is 518 g/mol. The minimum atomic E-state index is -1.04. The second kappa shape index (κ2) is 10.5. The van der Waals surface area contributed by atoms with E-state index >= 15 is 0 Å². The highest BCUT2D eigenvalue weighted by molar-refractivity contribution is 6.11. The number of carboxylic acids is 1. The zero-order valence-corrected chi connectivity index (χ0v) is 20.9. The number of ketones is 1. The van der Waals surface area contributed by atoms with Crippen molar-refractivity contribution in [2.45, 2.75) is 13.3 Å². The zero-order valence-electron chi connectivity index (χ0n) is 20.9. The monoisotopic (exact) mass is 517 g/mol. The number of hydrogen-bond donors (Lipinski definition) is 3. The van der Waals surface area contributed by atoms with Crippen LogP contribution in [0.3, 0.4) is 0 Å². The van der Waals surface area contributed by atoms with Crippen molar-refractivity contribution in [1.82, 2.24) is 9.97 Å². The highest BCUT2D eigenvalue weighted by atomic mass is 16.4. The fourth-order valence-electron chi connectivity index (χ4n) is 4.08. The summed E-state index contributed by atoms with van der Waals surface area (Å²) in [4.78, 5) is 49.2. The van der Waals surface area contributed by atoms with Gasteiger partial charge in [-0.25, -0.2) is 14.8 Å². The summed E-state index contributed by atoms with van der Waals surface area (Å²) in [6.45, 7) is 1.50. The standard InChI is InChI=1S/C30H23N5O4/c1-17(36)18-5-7-21(8-6-18)28-29(33-24-3-2-4-25(37)32-24)35-27(19-9-11-22(12-10-19)30(38)39)26(34-28)20-13-15-23(31)16-14-20/h2-3,5-16H,4,31H2,1H3,(H,38,39)(H,32,33,35,37). The van der Waals surface area contributed by atoms with E-state index in [1.54, 1.807) is 60.7 Å². The Hall–Kier alpha value is -5.44. The van der Waals surface area contributed by atoms with Crippen LogP contribution in [0.25, 0.3) is 33.8 Å². The molecule has 1 aromatic heterocycles. The number of Topliss-reactive ketones (excluding diaryl/α,β-unsaturated/α-hetero) is 1. The second-order valence-electron chi connectivity index (χ2n) is 8.88. The third kappa shape index (κ3) is 5.47. The average Bonchev–Trinajstić information content (AvgIpc) is 2.93. The fourth-order valence-corrected chi connectivity index (χ4v) is 4.08. The maximum atomic E-state index is 12.0. The van der Waals surface area contributed by atoms with Crippen molar-refractivity contribution in [3.05, 3.63) is 96.1 Å². The van der Waals surface area contributed by atoms with Gasteiger partial charge < -0.3 is 16.2 Å². The van der Waals surface area contributed by atoms with E-state index in [9.17, 15) is 19.5 Å². The number of nitrogens with zero attached hydrogens (tertiary/aromatic N) is 3. The van der Waals surface area contributed by atoms with Crippen molar-refractivity contribution in [1.29, 1.82) is 0 Å². The molecule has 0 unspecified atom stereocenters. The molecule has 39 heavy (non-hydrogen) atoms. The summed E-state index contributed by atoms with van der Waals surface area (Å²) >= 11 is 0. The number of nitrogen functional groups attached to an aromatic ring is 1. The first-order valence-corrected chi connectivity index (χ1v) is 12.1. The van der Waals surface area contributed by atoms with Crippen LogP contribution in [0.4, 0.5) is 11.5 Å². The lowest BCUT2D eigenvalue weighted by Gasteiger charge is -2.17. The fraction of sp³-hybridized carbons (Fsp3) is 0.0667. The number of dihydropyridines is 1. The van der Waals surface area contributed by atoms with Gasteiger partial charge in [-0.15, -0.1) is 0 Å². The smallest absolute Gasteiger partial charge is 0.335 e. The predicted molar refractivity (Wildman–Crippen MR) is 150 cm³/mol. The number of benzene rings is 3. The topological polar surface area (TPSA) is 148 Å². The Kier molecular flexibility index (Phi) is 6.79. The first-order chi connectivity index (χ1) is 18.8. The third-order valence-corrected chi connectivity index (χ3v) is 6.11. The Morgan fingerprint density at radius 2 is 1.33 bits per heavy atom. The highest BCUT2D eigenvalue weighted by Gasteiger charge is 2.20. The van der Waals surface area contributed by atoms with Crippen LogP contribution in [-0.4, -0.2) is 38.6 Å². The Balaban J connectivity index is 1.74. The Labute approximate surface area is 223 Å². The molecule has 1 aliphatic rings. The summed E-state index contributed by atoms with van der Waals surface area (Å²) in [5.74, 6) is -0.739. The predicted octanol–water partition coefficient (Wildman–Crippen LogP) is 5.26. The van der Waals surface area contributed by atoms with Crippen molar-refractivity contribution in [3.8, 4) is 33.8 Å². The van der Waals surface area contributed by atoms with Crippen LogP contribution in [0.5, 0.6) is 0 Å². The van der Waals surface area contributed by atoms with Gasteiger partial charge in [0, 0.05) is 34.4 Å². The quantitative estimate of drug-likeness (QED) is 0.232. The molecule has 9 heteroatoms.